The van der Waals surface area contributed by atoms with E-state index in [1.165, 1.54) is 0 Å². The van der Waals surface area contributed by atoms with E-state index >= 15 is 0 Å². The molecule has 3 rings (SSSR count). The Morgan fingerprint density at radius 2 is 1.96 bits per heavy atom. The molecule has 0 fully saturated rings. The average Bonchev–Trinajstić information content (AvgIpc) is 2.59. The van der Waals surface area contributed by atoms with Crippen LogP contribution in [0.25, 0.3) is 10.9 Å². The van der Waals surface area contributed by atoms with Gasteiger partial charge in [0.15, 0.2) is 0 Å². The number of fused-ring (bicyclic) bond motifs is 1. The summed E-state index contributed by atoms with van der Waals surface area (Å²) >= 11 is 0. The second-order valence-corrected chi connectivity index (χ2v) is 6.30. The SMILES string of the molecule is COc1nccc2c(OCc3cccc(S(C)=O)c3)ccnc12. The van der Waals surface area contributed by atoms with Crippen LogP contribution in [-0.2, 0) is 17.4 Å². The van der Waals surface area contributed by atoms with Gasteiger partial charge in [0.05, 0.1) is 7.11 Å². The molecular weight excluding hydrogens is 312 g/mol. The molecule has 2 aromatic heterocycles. The fourth-order valence-electron chi connectivity index (χ4n) is 2.28. The summed E-state index contributed by atoms with van der Waals surface area (Å²) in [6.45, 7) is 0.384. The molecule has 3 aromatic rings. The van der Waals surface area contributed by atoms with Crippen LogP contribution in [0.3, 0.4) is 0 Å². The Labute approximate surface area is 136 Å². The monoisotopic (exact) mass is 328 g/mol. The van der Waals surface area contributed by atoms with Crippen molar-refractivity contribution in [3.05, 3.63) is 54.4 Å². The van der Waals surface area contributed by atoms with Crippen LogP contribution in [0.2, 0.25) is 0 Å². The zero-order valence-electron chi connectivity index (χ0n) is 12.9. The van der Waals surface area contributed by atoms with E-state index < -0.39 is 10.8 Å². The third kappa shape index (κ3) is 3.32. The van der Waals surface area contributed by atoms with E-state index in [0.29, 0.717) is 23.8 Å². The minimum Gasteiger partial charge on any atom is -0.488 e. The predicted molar refractivity (Wildman–Crippen MR) is 89.2 cm³/mol. The Bertz CT molecular complexity index is 867. The van der Waals surface area contributed by atoms with E-state index in [1.54, 1.807) is 25.8 Å². The number of ether oxygens (including phenoxy) is 2. The fourth-order valence-corrected chi connectivity index (χ4v) is 2.87. The van der Waals surface area contributed by atoms with Crippen molar-refractivity contribution in [2.75, 3.05) is 13.4 Å². The predicted octanol–water partition coefficient (Wildman–Crippen LogP) is 2.95. The van der Waals surface area contributed by atoms with E-state index in [0.717, 1.165) is 15.8 Å². The van der Waals surface area contributed by atoms with Gasteiger partial charge in [-0.3, -0.25) is 9.19 Å². The van der Waals surface area contributed by atoms with Gasteiger partial charge < -0.3 is 9.47 Å². The molecule has 0 aliphatic rings. The van der Waals surface area contributed by atoms with Crippen LogP contribution in [0, 0.1) is 0 Å². The van der Waals surface area contributed by atoms with Crippen molar-refractivity contribution in [3.8, 4) is 11.6 Å². The average molecular weight is 328 g/mol. The van der Waals surface area contributed by atoms with E-state index in [-0.39, 0.29) is 0 Å². The minimum atomic E-state index is -1.00. The standard InChI is InChI=1S/C17H16N2O3S/c1-21-17-16-14(6-8-19-17)15(7-9-18-16)22-11-12-4-3-5-13(10-12)23(2)20/h3-10H,11H2,1-2H3. The molecule has 23 heavy (non-hydrogen) atoms. The topological polar surface area (TPSA) is 61.3 Å². The molecule has 0 radical (unpaired) electrons. The van der Waals surface area contributed by atoms with Gasteiger partial charge in [0, 0.05) is 39.7 Å². The first-order valence-corrected chi connectivity index (χ1v) is 8.57. The van der Waals surface area contributed by atoms with Gasteiger partial charge in [0.1, 0.15) is 17.9 Å². The van der Waals surface area contributed by atoms with E-state index in [2.05, 4.69) is 9.97 Å². The molecule has 0 spiro atoms. The third-order valence-corrected chi connectivity index (χ3v) is 4.32. The molecule has 0 N–H and O–H groups in total. The molecule has 1 unspecified atom stereocenters. The molecule has 6 heteroatoms. The van der Waals surface area contributed by atoms with Crippen molar-refractivity contribution in [1.29, 1.82) is 0 Å². The summed E-state index contributed by atoms with van der Waals surface area (Å²) in [4.78, 5) is 9.23. The Balaban J connectivity index is 1.88. The van der Waals surface area contributed by atoms with Gasteiger partial charge in [-0.15, -0.1) is 0 Å². The van der Waals surface area contributed by atoms with Crippen LogP contribution < -0.4 is 9.47 Å². The normalized spacial score (nSPS) is 12.1. The van der Waals surface area contributed by atoms with Gasteiger partial charge in [0.2, 0.25) is 5.88 Å². The lowest BCUT2D eigenvalue weighted by Crippen LogP contribution is -1.99. The number of pyridine rings is 2. The second-order valence-electron chi connectivity index (χ2n) is 4.92. The van der Waals surface area contributed by atoms with Crippen molar-refractivity contribution < 1.29 is 13.7 Å². The van der Waals surface area contributed by atoms with Gasteiger partial charge in [-0.05, 0) is 29.8 Å². The maximum Gasteiger partial charge on any atom is 0.240 e. The quantitative estimate of drug-likeness (QED) is 0.720. The summed E-state index contributed by atoms with van der Waals surface area (Å²) < 4.78 is 22.7. The lowest BCUT2D eigenvalue weighted by atomic mass is 10.2. The fraction of sp³-hybridized carbons (Fsp3) is 0.176. The highest BCUT2D eigenvalue weighted by atomic mass is 32.2. The summed E-state index contributed by atoms with van der Waals surface area (Å²) in [5.41, 5.74) is 1.62. The largest absolute Gasteiger partial charge is 0.488 e. The molecule has 0 saturated carbocycles. The number of rotatable bonds is 5. The van der Waals surface area contributed by atoms with E-state index in [4.69, 9.17) is 9.47 Å². The van der Waals surface area contributed by atoms with Gasteiger partial charge >= 0.3 is 0 Å². The zero-order chi connectivity index (χ0) is 16.2. The van der Waals surface area contributed by atoms with Gasteiger partial charge in [-0.25, -0.2) is 4.98 Å². The van der Waals surface area contributed by atoms with Crippen molar-refractivity contribution in [1.82, 2.24) is 9.97 Å². The van der Waals surface area contributed by atoms with Crippen LogP contribution in [0.4, 0.5) is 0 Å². The van der Waals surface area contributed by atoms with Crippen LogP contribution in [-0.4, -0.2) is 27.5 Å². The summed E-state index contributed by atoms with van der Waals surface area (Å²) in [7, 11) is 0.559. The molecule has 0 bridgehead atoms. The minimum absolute atomic E-state index is 0.384. The van der Waals surface area contributed by atoms with E-state index in [1.807, 2.05) is 36.4 Å². The molecule has 0 aliphatic heterocycles. The first kappa shape index (κ1) is 15.4. The Morgan fingerprint density at radius 1 is 1.13 bits per heavy atom. The summed E-state index contributed by atoms with van der Waals surface area (Å²) in [6.07, 6.45) is 4.99. The summed E-state index contributed by atoms with van der Waals surface area (Å²) in [5.74, 6) is 1.18. The first-order chi connectivity index (χ1) is 11.2. The smallest absolute Gasteiger partial charge is 0.240 e. The first-order valence-electron chi connectivity index (χ1n) is 7.02. The number of benzene rings is 1. The maximum absolute atomic E-state index is 11.6. The van der Waals surface area contributed by atoms with Crippen molar-refractivity contribution in [2.45, 2.75) is 11.5 Å². The molecule has 118 valence electrons. The number of hydrogen-bond acceptors (Lipinski definition) is 5. The Hall–Kier alpha value is -2.47. The van der Waals surface area contributed by atoms with Crippen molar-refractivity contribution >= 4 is 21.7 Å². The summed E-state index contributed by atoms with van der Waals surface area (Å²) in [6, 6.07) is 11.2. The third-order valence-electron chi connectivity index (χ3n) is 3.40. The Morgan fingerprint density at radius 3 is 2.74 bits per heavy atom. The number of methoxy groups -OCH3 is 1. The van der Waals surface area contributed by atoms with Crippen LogP contribution in [0.15, 0.2) is 53.7 Å². The molecule has 2 heterocycles. The lowest BCUT2D eigenvalue weighted by Gasteiger charge is -2.10. The maximum atomic E-state index is 11.6. The van der Waals surface area contributed by atoms with Crippen LogP contribution in [0.5, 0.6) is 11.6 Å². The number of hydrogen-bond donors (Lipinski definition) is 0. The molecular formula is C17H16N2O3S. The number of aromatic nitrogens is 2. The highest BCUT2D eigenvalue weighted by Crippen LogP contribution is 2.28. The molecule has 0 amide bonds. The zero-order valence-corrected chi connectivity index (χ0v) is 13.7. The van der Waals surface area contributed by atoms with Crippen molar-refractivity contribution in [3.63, 3.8) is 0 Å². The molecule has 1 aromatic carbocycles. The molecule has 0 saturated heterocycles. The Kier molecular flexibility index (Phi) is 4.52. The van der Waals surface area contributed by atoms with E-state index in [9.17, 15) is 4.21 Å². The van der Waals surface area contributed by atoms with Crippen LogP contribution >= 0.6 is 0 Å². The lowest BCUT2D eigenvalue weighted by molar-refractivity contribution is 0.309. The molecule has 5 nitrogen and oxygen atoms in total. The van der Waals surface area contributed by atoms with Gasteiger partial charge in [0.25, 0.3) is 0 Å². The highest BCUT2D eigenvalue weighted by molar-refractivity contribution is 7.84. The number of nitrogens with zero attached hydrogens (tertiary/aromatic N) is 2. The van der Waals surface area contributed by atoms with Crippen molar-refractivity contribution in [2.24, 2.45) is 0 Å². The molecule has 0 aliphatic carbocycles. The van der Waals surface area contributed by atoms with Gasteiger partial charge in [-0.2, -0.15) is 0 Å². The highest BCUT2D eigenvalue weighted by Gasteiger charge is 2.09. The van der Waals surface area contributed by atoms with Crippen LogP contribution in [0.1, 0.15) is 5.56 Å². The van der Waals surface area contributed by atoms with Gasteiger partial charge in [-0.1, -0.05) is 12.1 Å². The second kappa shape index (κ2) is 6.75. The molecule has 1 atom stereocenters. The summed E-state index contributed by atoms with van der Waals surface area (Å²) in [5, 5.41) is 0.842.